The Bertz CT molecular complexity index is 125. The van der Waals surface area contributed by atoms with Crippen LogP contribution in [0.15, 0.2) is 11.3 Å². The lowest BCUT2D eigenvalue weighted by Gasteiger charge is -2.10. The molecule has 1 nitrogen and oxygen atoms in total. The van der Waals surface area contributed by atoms with Crippen LogP contribution in [0.5, 0.6) is 0 Å². The summed E-state index contributed by atoms with van der Waals surface area (Å²) >= 11 is 0. The number of hydrogen-bond donors (Lipinski definition) is 1. The summed E-state index contributed by atoms with van der Waals surface area (Å²) in [6.07, 6.45) is 3.62. The van der Waals surface area contributed by atoms with Crippen molar-refractivity contribution in [2.45, 2.75) is 47.0 Å². The molecule has 0 amide bonds. The summed E-state index contributed by atoms with van der Waals surface area (Å²) in [6.45, 7) is 9.85. The van der Waals surface area contributed by atoms with E-state index in [1.807, 2.05) is 0 Å². The number of allylic oxidation sites excluding steroid dienone is 2. The molecule has 0 aliphatic rings. The van der Waals surface area contributed by atoms with Gasteiger partial charge < -0.3 is 5.32 Å². The molecular formula is C10H21N. The van der Waals surface area contributed by atoms with E-state index in [0.29, 0.717) is 0 Å². The van der Waals surface area contributed by atoms with E-state index in [4.69, 9.17) is 0 Å². The molecule has 0 unspecified atom stereocenters. The Labute approximate surface area is 70.9 Å². The Balaban J connectivity index is 4.02. The second-order valence-electron chi connectivity index (χ2n) is 2.89. The lowest BCUT2D eigenvalue weighted by Crippen LogP contribution is -2.13. The summed E-state index contributed by atoms with van der Waals surface area (Å²) in [4.78, 5) is 0. The van der Waals surface area contributed by atoms with Crippen LogP contribution in [0.25, 0.3) is 0 Å². The number of hydrogen-bond acceptors (Lipinski definition) is 1. The van der Waals surface area contributed by atoms with Crippen LogP contribution >= 0.6 is 0 Å². The SMILES string of the molecule is CCC/C(C)=C(\CC)NCC. The molecule has 0 aliphatic heterocycles. The van der Waals surface area contributed by atoms with E-state index < -0.39 is 0 Å². The molecule has 0 saturated carbocycles. The van der Waals surface area contributed by atoms with Gasteiger partial charge in [-0.15, -0.1) is 0 Å². The van der Waals surface area contributed by atoms with Crippen LogP contribution < -0.4 is 5.32 Å². The minimum atomic E-state index is 1.05. The molecule has 66 valence electrons. The van der Waals surface area contributed by atoms with Crippen LogP contribution in [0, 0.1) is 0 Å². The van der Waals surface area contributed by atoms with Crippen molar-refractivity contribution in [2.24, 2.45) is 0 Å². The summed E-state index contributed by atoms with van der Waals surface area (Å²) in [5.41, 5.74) is 2.96. The van der Waals surface area contributed by atoms with Crippen LogP contribution in [0.4, 0.5) is 0 Å². The standard InChI is InChI=1S/C10H21N/c1-5-8-9(4)10(6-2)11-7-3/h11H,5-8H2,1-4H3/b10-9+. The summed E-state index contributed by atoms with van der Waals surface area (Å²) in [7, 11) is 0. The number of nitrogens with one attached hydrogen (secondary N) is 1. The first kappa shape index (κ1) is 10.5. The summed E-state index contributed by atoms with van der Waals surface area (Å²) in [5.74, 6) is 0. The lowest BCUT2D eigenvalue weighted by atomic mass is 10.1. The van der Waals surface area contributed by atoms with Gasteiger partial charge in [0.05, 0.1) is 0 Å². The van der Waals surface area contributed by atoms with Crippen LogP contribution in [-0.4, -0.2) is 6.54 Å². The second-order valence-corrected chi connectivity index (χ2v) is 2.89. The molecule has 1 N–H and O–H groups in total. The van der Waals surface area contributed by atoms with Crippen LogP contribution in [0.1, 0.15) is 47.0 Å². The molecule has 0 spiro atoms. The van der Waals surface area contributed by atoms with Gasteiger partial charge in [-0.05, 0) is 26.7 Å². The van der Waals surface area contributed by atoms with E-state index in [1.54, 1.807) is 0 Å². The van der Waals surface area contributed by atoms with Crippen molar-refractivity contribution in [3.05, 3.63) is 11.3 Å². The molecule has 0 fully saturated rings. The van der Waals surface area contributed by atoms with Gasteiger partial charge in [0.15, 0.2) is 0 Å². The Morgan fingerprint density at radius 1 is 1.18 bits per heavy atom. The zero-order valence-corrected chi connectivity index (χ0v) is 8.33. The topological polar surface area (TPSA) is 12.0 Å². The van der Waals surface area contributed by atoms with Crippen LogP contribution in [0.2, 0.25) is 0 Å². The highest BCUT2D eigenvalue weighted by atomic mass is 14.9. The first-order valence-electron chi connectivity index (χ1n) is 4.68. The fourth-order valence-electron chi connectivity index (χ4n) is 1.32. The van der Waals surface area contributed by atoms with Crippen molar-refractivity contribution in [3.8, 4) is 0 Å². The fraction of sp³-hybridized carbons (Fsp3) is 0.800. The molecule has 0 atom stereocenters. The van der Waals surface area contributed by atoms with Gasteiger partial charge in [0.2, 0.25) is 0 Å². The van der Waals surface area contributed by atoms with E-state index >= 15 is 0 Å². The highest BCUT2D eigenvalue weighted by Crippen LogP contribution is 2.10. The lowest BCUT2D eigenvalue weighted by molar-refractivity contribution is 0.763. The van der Waals surface area contributed by atoms with E-state index in [1.165, 1.54) is 24.1 Å². The minimum Gasteiger partial charge on any atom is -0.389 e. The van der Waals surface area contributed by atoms with Crippen LogP contribution in [-0.2, 0) is 0 Å². The van der Waals surface area contributed by atoms with Gasteiger partial charge in [-0.25, -0.2) is 0 Å². The molecule has 0 aromatic carbocycles. The van der Waals surface area contributed by atoms with Gasteiger partial charge in [0, 0.05) is 12.2 Å². The average molecular weight is 155 g/mol. The van der Waals surface area contributed by atoms with Gasteiger partial charge in [-0.3, -0.25) is 0 Å². The van der Waals surface area contributed by atoms with Gasteiger partial charge in [-0.1, -0.05) is 25.8 Å². The first-order valence-corrected chi connectivity index (χ1v) is 4.68. The third-order valence-electron chi connectivity index (χ3n) is 1.88. The minimum absolute atomic E-state index is 1.05. The van der Waals surface area contributed by atoms with E-state index in [2.05, 4.69) is 33.0 Å². The molecular weight excluding hydrogens is 134 g/mol. The van der Waals surface area contributed by atoms with Crippen molar-refractivity contribution in [1.29, 1.82) is 0 Å². The molecule has 0 aromatic rings. The largest absolute Gasteiger partial charge is 0.389 e. The zero-order chi connectivity index (χ0) is 8.69. The Hall–Kier alpha value is -0.460. The fourth-order valence-corrected chi connectivity index (χ4v) is 1.32. The highest BCUT2D eigenvalue weighted by molar-refractivity contribution is 5.09. The van der Waals surface area contributed by atoms with E-state index in [-0.39, 0.29) is 0 Å². The monoisotopic (exact) mass is 155 g/mol. The van der Waals surface area contributed by atoms with E-state index in [0.717, 1.165) is 13.0 Å². The smallest absolute Gasteiger partial charge is 0.0115 e. The van der Waals surface area contributed by atoms with Gasteiger partial charge in [-0.2, -0.15) is 0 Å². The maximum Gasteiger partial charge on any atom is 0.0115 e. The molecule has 0 rings (SSSR count). The van der Waals surface area contributed by atoms with Crippen molar-refractivity contribution in [1.82, 2.24) is 5.32 Å². The molecule has 0 heterocycles. The first-order chi connectivity index (χ1) is 5.26. The summed E-state index contributed by atoms with van der Waals surface area (Å²) in [6, 6.07) is 0. The van der Waals surface area contributed by atoms with Crippen molar-refractivity contribution >= 4 is 0 Å². The zero-order valence-electron chi connectivity index (χ0n) is 8.33. The number of rotatable bonds is 5. The third-order valence-corrected chi connectivity index (χ3v) is 1.88. The molecule has 0 aromatic heterocycles. The predicted molar refractivity (Wildman–Crippen MR) is 51.6 cm³/mol. The van der Waals surface area contributed by atoms with Gasteiger partial charge >= 0.3 is 0 Å². The average Bonchev–Trinajstić information content (AvgIpc) is 2.00. The molecule has 0 saturated heterocycles. The Morgan fingerprint density at radius 2 is 1.82 bits per heavy atom. The van der Waals surface area contributed by atoms with E-state index in [9.17, 15) is 0 Å². The predicted octanol–water partition coefficient (Wildman–Crippen LogP) is 3.08. The molecule has 11 heavy (non-hydrogen) atoms. The van der Waals surface area contributed by atoms with Crippen LogP contribution in [0.3, 0.4) is 0 Å². The molecule has 1 heteroatoms. The maximum atomic E-state index is 3.40. The highest BCUT2D eigenvalue weighted by Gasteiger charge is 1.96. The normalized spacial score (nSPS) is 12.7. The Kier molecular flexibility index (Phi) is 6.00. The quantitative estimate of drug-likeness (QED) is 0.643. The Morgan fingerprint density at radius 3 is 2.18 bits per heavy atom. The summed E-state index contributed by atoms with van der Waals surface area (Å²) in [5, 5.41) is 3.40. The molecule has 0 radical (unpaired) electrons. The van der Waals surface area contributed by atoms with Gasteiger partial charge in [0.1, 0.15) is 0 Å². The molecule has 0 bridgehead atoms. The molecule has 0 aliphatic carbocycles. The summed E-state index contributed by atoms with van der Waals surface area (Å²) < 4.78 is 0. The van der Waals surface area contributed by atoms with Crippen molar-refractivity contribution < 1.29 is 0 Å². The third kappa shape index (κ3) is 4.07. The van der Waals surface area contributed by atoms with Crippen molar-refractivity contribution in [2.75, 3.05) is 6.54 Å². The van der Waals surface area contributed by atoms with Gasteiger partial charge in [0.25, 0.3) is 0 Å². The second kappa shape index (κ2) is 6.26. The maximum absolute atomic E-state index is 3.40. The van der Waals surface area contributed by atoms with Crippen molar-refractivity contribution in [3.63, 3.8) is 0 Å².